The number of nitrogens with one attached hydrogen (secondary N) is 1. The quantitative estimate of drug-likeness (QED) is 0.630. The molecule has 3 heterocycles. The van der Waals surface area contributed by atoms with E-state index < -0.39 is 10.0 Å². The standard InChI is InChI=1S/C25H46N4O3S/c1-5-27(6-2)25(30)24-19(4)26-29-16-13-21(17-23(24)29)20-11-14-28(15-12-20)33(31,32)22-9-7-18(3)8-10-22/h18-24,26H,5-17H2,1-4H3. The fourth-order valence-corrected chi connectivity index (χ4v) is 9.10. The van der Waals surface area contributed by atoms with Crippen molar-refractivity contribution in [2.24, 2.45) is 23.7 Å². The maximum atomic E-state index is 13.3. The van der Waals surface area contributed by atoms with E-state index in [0.29, 0.717) is 30.8 Å². The zero-order valence-electron chi connectivity index (χ0n) is 21.2. The average molecular weight is 483 g/mol. The Labute approximate surface area is 201 Å². The predicted octanol–water partition coefficient (Wildman–Crippen LogP) is 3.08. The maximum absolute atomic E-state index is 13.3. The lowest BCUT2D eigenvalue weighted by atomic mass is 9.74. The molecule has 0 spiro atoms. The molecule has 7 nitrogen and oxygen atoms in total. The Hall–Kier alpha value is -0.700. The minimum absolute atomic E-state index is 0.0156. The summed E-state index contributed by atoms with van der Waals surface area (Å²) in [5, 5.41) is 2.17. The van der Waals surface area contributed by atoms with Gasteiger partial charge in [-0.05, 0) is 89.9 Å². The number of hydrogen-bond donors (Lipinski definition) is 1. The van der Waals surface area contributed by atoms with Gasteiger partial charge in [0.25, 0.3) is 0 Å². The molecule has 3 aliphatic heterocycles. The van der Waals surface area contributed by atoms with Crippen molar-refractivity contribution in [3.05, 3.63) is 0 Å². The second-order valence-corrected chi connectivity index (χ2v) is 13.4. The van der Waals surface area contributed by atoms with Crippen LogP contribution >= 0.6 is 0 Å². The van der Waals surface area contributed by atoms with Gasteiger partial charge < -0.3 is 4.90 Å². The molecule has 190 valence electrons. The molecule has 0 bridgehead atoms. The SMILES string of the molecule is CCN(CC)C(=O)C1C(C)NN2CCC(C3CCN(S(=O)(=O)C4CCC(C)CC4)CC3)CC12. The highest BCUT2D eigenvalue weighted by atomic mass is 32.2. The highest BCUT2D eigenvalue weighted by Gasteiger charge is 2.48. The Kier molecular flexibility index (Phi) is 8.08. The lowest BCUT2D eigenvalue weighted by Gasteiger charge is -2.43. The van der Waals surface area contributed by atoms with E-state index in [-0.39, 0.29) is 29.2 Å². The van der Waals surface area contributed by atoms with E-state index in [4.69, 9.17) is 0 Å². The summed E-state index contributed by atoms with van der Waals surface area (Å²) in [5.74, 6) is 2.13. The van der Waals surface area contributed by atoms with Crippen molar-refractivity contribution in [3.63, 3.8) is 0 Å². The molecule has 4 fully saturated rings. The number of carbonyl (C=O) groups excluding carboxylic acids is 1. The Balaban J connectivity index is 1.35. The number of rotatable bonds is 6. The van der Waals surface area contributed by atoms with Crippen molar-refractivity contribution < 1.29 is 13.2 Å². The number of piperidine rings is 2. The summed E-state index contributed by atoms with van der Waals surface area (Å²) >= 11 is 0. The van der Waals surface area contributed by atoms with E-state index in [2.05, 4.69) is 38.1 Å². The summed E-state index contributed by atoms with van der Waals surface area (Å²) in [7, 11) is -3.15. The number of fused-ring (bicyclic) bond motifs is 1. The molecule has 0 aromatic carbocycles. The van der Waals surface area contributed by atoms with Crippen LogP contribution in [0.25, 0.3) is 0 Å². The molecular weight excluding hydrogens is 436 g/mol. The Morgan fingerprint density at radius 2 is 1.52 bits per heavy atom. The Morgan fingerprint density at radius 3 is 2.12 bits per heavy atom. The molecule has 0 aromatic rings. The number of sulfonamides is 1. The van der Waals surface area contributed by atoms with Crippen LogP contribution in [-0.2, 0) is 14.8 Å². The summed E-state index contributed by atoms with van der Waals surface area (Å²) in [6, 6.07) is 0.435. The second-order valence-electron chi connectivity index (χ2n) is 11.2. The zero-order valence-corrected chi connectivity index (χ0v) is 22.0. The third kappa shape index (κ3) is 5.14. The zero-order chi connectivity index (χ0) is 23.8. The van der Waals surface area contributed by atoms with Gasteiger partial charge in [0.1, 0.15) is 0 Å². The van der Waals surface area contributed by atoms with Gasteiger partial charge in [0.2, 0.25) is 15.9 Å². The van der Waals surface area contributed by atoms with Crippen LogP contribution in [0.1, 0.15) is 79.1 Å². The van der Waals surface area contributed by atoms with E-state index in [1.807, 2.05) is 9.21 Å². The fraction of sp³-hybridized carbons (Fsp3) is 0.960. The number of amides is 1. The number of carbonyl (C=O) groups is 1. The first-order valence-corrected chi connectivity index (χ1v) is 15.1. The molecule has 33 heavy (non-hydrogen) atoms. The van der Waals surface area contributed by atoms with Crippen molar-refractivity contribution in [1.82, 2.24) is 19.6 Å². The largest absolute Gasteiger partial charge is 0.343 e. The molecule has 4 atom stereocenters. The van der Waals surface area contributed by atoms with Gasteiger partial charge in [-0.2, -0.15) is 0 Å². The third-order valence-corrected chi connectivity index (χ3v) is 11.7. The van der Waals surface area contributed by atoms with Crippen LogP contribution in [0.5, 0.6) is 0 Å². The first kappa shape index (κ1) is 25.4. The van der Waals surface area contributed by atoms with Crippen LogP contribution in [0.2, 0.25) is 0 Å². The molecular formula is C25H46N4O3S. The van der Waals surface area contributed by atoms with Gasteiger partial charge in [0, 0.05) is 44.8 Å². The van der Waals surface area contributed by atoms with Crippen molar-refractivity contribution in [2.75, 3.05) is 32.7 Å². The van der Waals surface area contributed by atoms with E-state index >= 15 is 0 Å². The van der Waals surface area contributed by atoms with Crippen LogP contribution < -0.4 is 5.43 Å². The normalized spacial score (nSPS) is 37.1. The van der Waals surface area contributed by atoms with Gasteiger partial charge in [0.15, 0.2) is 0 Å². The van der Waals surface area contributed by atoms with Gasteiger partial charge in [-0.25, -0.2) is 17.7 Å². The van der Waals surface area contributed by atoms with Crippen molar-refractivity contribution in [3.8, 4) is 0 Å². The molecule has 4 rings (SSSR count). The molecule has 1 amide bonds. The van der Waals surface area contributed by atoms with Gasteiger partial charge >= 0.3 is 0 Å². The van der Waals surface area contributed by atoms with Crippen LogP contribution in [-0.4, -0.2) is 78.6 Å². The first-order valence-electron chi connectivity index (χ1n) is 13.6. The smallest absolute Gasteiger partial charge is 0.228 e. The van der Waals surface area contributed by atoms with Gasteiger partial charge in [-0.1, -0.05) is 6.92 Å². The topological polar surface area (TPSA) is 73.0 Å². The summed E-state index contributed by atoms with van der Waals surface area (Å²) in [4.78, 5) is 15.2. The molecule has 0 radical (unpaired) electrons. The lowest BCUT2D eigenvalue weighted by Crippen LogP contribution is -2.50. The monoisotopic (exact) mass is 482 g/mol. The van der Waals surface area contributed by atoms with Crippen molar-refractivity contribution in [1.29, 1.82) is 0 Å². The molecule has 4 unspecified atom stereocenters. The Morgan fingerprint density at radius 1 is 0.909 bits per heavy atom. The fourth-order valence-electron chi connectivity index (χ4n) is 7.09. The summed E-state index contributed by atoms with van der Waals surface area (Å²) in [6.07, 6.45) is 7.87. The predicted molar refractivity (Wildman–Crippen MR) is 132 cm³/mol. The summed E-state index contributed by atoms with van der Waals surface area (Å²) in [6.45, 7) is 12.4. The van der Waals surface area contributed by atoms with Gasteiger partial charge in [0.05, 0.1) is 11.2 Å². The first-order chi connectivity index (χ1) is 15.8. The van der Waals surface area contributed by atoms with Gasteiger partial charge in [-0.15, -0.1) is 0 Å². The van der Waals surface area contributed by atoms with Crippen molar-refractivity contribution in [2.45, 2.75) is 96.4 Å². The Bertz CT molecular complexity index is 771. The molecule has 0 aromatic heterocycles. The molecule has 3 saturated heterocycles. The average Bonchev–Trinajstić information content (AvgIpc) is 3.15. The molecule has 8 heteroatoms. The van der Waals surface area contributed by atoms with E-state index in [1.165, 1.54) is 0 Å². The van der Waals surface area contributed by atoms with Crippen LogP contribution in [0.3, 0.4) is 0 Å². The number of hydrogen-bond acceptors (Lipinski definition) is 5. The second kappa shape index (κ2) is 10.5. The van der Waals surface area contributed by atoms with Crippen LogP contribution in [0.4, 0.5) is 0 Å². The third-order valence-electron chi connectivity index (χ3n) is 9.28. The summed E-state index contributed by atoms with van der Waals surface area (Å²) in [5.41, 5.74) is 3.58. The van der Waals surface area contributed by atoms with Crippen LogP contribution in [0.15, 0.2) is 0 Å². The molecule has 1 saturated carbocycles. The lowest BCUT2D eigenvalue weighted by molar-refractivity contribution is -0.136. The molecule has 1 aliphatic carbocycles. The highest BCUT2D eigenvalue weighted by molar-refractivity contribution is 7.89. The van der Waals surface area contributed by atoms with E-state index in [1.54, 1.807) is 0 Å². The van der Waals surface area contributed by atoms with Crippen LogP contribution in [0, 0.1) is 23.7 Å². The minimum atomic E-state index is -3.15. The maximum Gasteiger partial charge on any atom is 0.228 e. The number of hydrazine groups is 1. The molecule has 4 aliphatic rings. The number of nitrogens with zero attached hydrogens (tertiary/aromatic N) is 3. The van der Waals surface area contributed by atoms with E-state index in [9.17, 15) is 13.2 Å². The molecule has 1 N–H and O–H groups in total. The van der Waals surface area contributed by atoms with Crippen molar-refractivity contribution >= 4 is 15.9 Å². The van der Waals surface area contributed by atoms with E-state index in [0.717, 1.165) is 71.0 Å². The minimum Gasteiger partial charge on any atom is -0.343 e. The highest BCUT2D eigenvalue weighted by Crippen LogP contribution is 2.41. The van der Waals surface area contributed by atoms with Gasteiger partial charge in [-0.3, -0.25) is 10.2 Å². The summed E-state index contributed by atoms with van der Waals surface area (Å²) < 4.78 is 28.3.